The van der Waals surface area contributed by atoms with Crippen LogP contribution in [0, 0.1) is 5.92 Å². The van der Waals surface area contributed by atoms with Crippen LogP contribution in [0.25, 0.3) is 0 Å². The quantitative estimate of drug-likeness (QED) is 0.560. The van der Waals surface area contributed by atoms with E-state index < -0.39 is 0 Å². The fraction of sp³-hybridized carbons (Fsp3) is 1.00. The van der Waals surface area contributed by atoms with Crippen LogP contribution in [0.5, 0.6) is 0 Å². The highest BCUT2D eigenvalue weighted by Crippen LogP contribution is 2.34. The maximum Gasteiger partial charge on any atom is 0.0580 e. The Morgan fingerprint density at radius 3 is 2.50 bits per heavy atom. The van der Waals surface area contributed by atoms with Crippen LogP contribution in [0.4, 0.5) is 0 Å². The first-order valence-corrected chi connectivity index (χ1v) is 8.15. The third kappa shape index (κ3) is 6.19. The van der Waals surface area contributed by atoms with E-state index in [2.05, 4.69) is 26.1 Å². The Labute approximate surface area is 114 Å². The predicted molar refractivity (Wildman–Crippen MR) is 79.0 cm³/mol. The zero-order valence-corrected chi connectivity index (χ0v) is 12.7. The van der Waals surface area contributed by atoms with E-state index in [9.17, 15) is 0 Å². The summed E-state index contributed by atoms with van der Waals surface area (Å²) in [6, 6.07) is 0.754. The molecule has 0 heterocycles. The highest BCUT2D eigenvalue weighted by Gasteiger charge is 2.30. The Balaban J connectivity index is 2.15. The van der Waals surface area contributed by atoms with Crippen molar-refractivity contribution in [2.75, 3.05) is 13.2 Å². The molecule has 0 saturated heterocycles. The normalized spacial score (nSPS) is 24.8. The molecule has 0 aliphatic heterocycles. The Kier molecular flexibility index (Phi) is 8.70. The van der Waals surface area contributed by atoms with Gasteiger partial charge in [-0.05, 0) is 51.5 Å². The van der Waals surface area contributed by atoms with Crippen LogP contribution in [0.1, 0.15) is 72.1 Å². The average Bonchev–Trinajstić information content (AvgIpc) is 2.33. The lowest BCUT2D eigenvalue weighted by Crippen LogP contribution is -2.38. The van der Waals surface area contributed by atoms with Crippen LogP contribution in [0.3, 0.4) is 0 Å². The first-order valence-electron chi connectivity index (χ1n) is 8.15. The van der Waals surface area contributed by atoms with Crippen molar-refractivity contribution in [1.82, 2.24) is 5.32 Å². The molecule has 1 saturated carbocycles. The number of hydrogen-bond acceptors (Lipinski definition) is 2. The van der Waals surface area contributed by atoms with Crippen LogP contribution in [-0.4, -0.2) is 25.3 Å². The Bertz CT molecular complexity index is 190. The lowest BCUT2D eigenvalue weighted by molar-refractivity contribution is -0.0292. The molecule has 1 aliphatic rings. The maximum absolute atomic E-state index is 5.65. The number of unbranched alkanes of at least 4 members (excludes halogenated alkanes) is 2. The third-order valence-electron chi connectivity index (χ3n) is 4.05. The molecule has 1 rings (SSSR count). The average molecular weight is 255 g/mol. The largest absolute Gasteiger partial charge is 0.378 e. The molecule has 0 aromatic carbocycles. The van der Waals surface area contributed by atoms with Gasteiger partial charge in [-0.2, -0.15) is 0 Å². The number of rotatable bonds is 11. The molecule has 2 nitrogen and oxygen atoms in total. The van der Waals surface area contributed by atoms with Crippen molar-refractivity contribution >= 4 is 0 Å². The van der Waals surface area contributed by atoms with E-state index in [4.69, 9.17) is 4.74 Å². The fourth-order valence-corrected chi connectivity index (χ4v) is 2.93. The molecule has 1 fully saturated rings. The summed E-state index contributed by atoms with van der Waals surface area (Å²) in [6.45, 7) is 8.70. The van der Waals surface area contributed by atoms with E-state index in [-0.39, 0.29) is 0 Å². The first kappa shape index (κ1) is 16.0. The molecule has 0 spiro atoms. The molecule has 108 valence electrons. The zero-order chi connectivity index (χ0) is 13.2. The number of hydrogen-bond donors (Lipinski definition) is 1. The summed E-state index contributed by atoms with van der Waals surface area (Å²) in [5.41, 5.74) is 0. The molecule has 0 amide bonds. The smallest absolute Gasteiger partial charge is 0.0580 e. The third-order valence-corrected chi connectivity index (χ3v) is 4.05. The molecule has 18 heavy (non-hydrogen) atoms. The van der Waals surface area contributed by atoms with Crippen molar-refractivity contribution in [1.29, 1.82) is 0 Å². The van der Waals surface area contributed by atoms with Gasteiger partial charge in [-0.15, -0.1) is 0 Å². The summed E-state index contributed by atoms with van der Waals surface area (Å²) < 4.78 is 5.65. The van der Waals surface area contributed by atoms with E-state index in [1.807, 2.05) is 0 Å². The summed E-state index contributed by atoms with van der Waals surface area (Å²) >= 11 is 0. The van der Waals surface area contributed by atoms with Crippen molar-refractivity contribution in [2.24, 2.45) is 5.92 Å². The highest BCUT2D eigenvalue weighted by molar-refractivity contribution is 4.84. The van der Waals surface area contributed by atoms with Crippen LogP contribution < -0.4 is 5.32 Å². The van der Waals surface area contributed by atoms with Crippen LogP contribution in [0.15, 0.2) is 0 Å². The van der Waals surface area contributed by atoms with Crippen molar-refractivity contribution in [3.05, 3.63) is 0 Å². The molecule has 1 unspecified atom stereocenters. The van der Waals surface area contributed by atoms with E-state index in [0.29, 0.717) is 6.10 Å². The molecule has 1 aliphatic carbocycles. The SMILES string of the molecule is CCCCCC(CC1CC(OCC)C1)NCCC. The lowest BCUT2D eigenvalue weighted by Gasteiger charge is -2.37. The summed E-state index contributed by atoms with van der Waals surface area (Å²) in [6.07, 6.45) is 11.2. The lowest BCUT2D eigenvalue weighted by atomic mass is 9.77. The van der Waals surface area contributed by atoms with E-state index >= 15 is 0 Å². The minimum absolute atomic E-state index is 0.572. The second kappa shape index (κ2) is 9.80. The summed E-state index contributed by atoms with van der Waals surface area (Å²) in [7, 11) is 0. The maximum atomic E-state index is 5.65. The van der Waals surface area contributed by atoms with Crippen LogP contribution >= 0.6 is 0 Å². The summed E-state index contributed by atoms with van der Waals surface area (Å²) in [4.78, 5) is 0. The topological polar surface area (TPSA) is 21.3 Å². The first-order chi connectivity index (χ1) is 8.80. The fourth-order valence-electron chi connectivity index (χ4n) is 2.93. The Hall–Kier alpha value is -0.0800. The molecular weight excluding hydrogens is 222 g/mol. The molecule has 0 radical (unpaired) electrons. The number of nitrogens with one attached hydrogen (secondary N) is 1. The monoisotopic (exact) mass is 255 g/mol. The van der Waals surface area contributed by atoms with Crippen molar-refractivity contribution < 1.29 is 4.74 Å². The molecule has 0 aromatic heterocycles. The van der Waals surface area contributed by atoms with Gasteiger partial charge in [-0.1, -0.05) is 33.1 Å². The molecule has 0 bridgehead atoms. The van der Waals surface area contributed by atoms with Gasteiger partial charge in [0.2, 0.25) is 0 Å². The molecular formula is C16H33NO. The van der Waals surface area contributed by atoms with Gasteiger partial charge in [0.25, 0.3) is 0 Å². The van der Waals surface area contributed by atoms with E-state index in [1.165, 1.54) is 57.9 Å². The molecule has 2 heteroatoms. The van der Waals surface area contributed by atoms with Crippen molar-refractivity contribution in [2.45, 2.75) is 84.3 Å². The van der Waals surface area contributed by atoms with Crippen molar-refractivity contribution in [3.8, 4) is 0 Å². The summed E-state index contributed by atoms with van der Waals surface area (Å²) in [5.74, 6) is 0.914. The van der Waals surface area contributed by atoms with Crippen molar-refractivity contribution in [3.63, 3.8) is 0 Å². The van der Waals surface area contributed by atoms with E-state index in [0.717, 1.165) is 18.6 Å². The van der Waals surface area contributed by atoms with Gasteiger partial charge < -0.3 is 10.1 Å². The molecule has 0 aromatic rings. The Morgan fingerprint density at radius 2 is 1.89 bits per heavy atom. The standard InChI is InChI=1S/C16H33NO/c1-4-7-8-9-15(17-10-5-2)11-14-12-16(13-14)18-6-3/h14-17H,4-13H2,1-3H3. The minimum Gasteiger partial charge on any atom is -0.378 e. The predicted octanol–water partition coefficient (Wildman–Crippen LogP) is 4.14. The molecule has 1 atom stereocenters. The second-order valence-electron chi connectivity index (χ2n) is 5.80. The van der Waals surface area contributed by atoms with Gasteiger partial charge in [-0.3, -0.25) is 0 Å². The van der Waals surface area contributed by atoms with Gasteiger partial charge in [-0.25, -0.2) is 0 Å². The molecule has 1 N–H and O–H groups in total. The minimum atomic E-state index is 0.572. The van der Waals surface area contributed by atoms with E-state index in [1.54, 1.807) is 0 Å². The Morgan fingerprint density at radius 1 is 1.11 bits per heavy atom. The van der Waals surface area contributed by atoms with Crippen LogP contribution in [-0.2, 0) is 4.74 Å². The summed E-state index contributed by atoms with van der Waals surface area (Å²) in [5, 5.41) is 3.73. The number of ether oxygens (including phenoxy) is 1. The van der Waals surface area contributed by atoms with Gasteiger partial charge in [0.15, 0.2) is 0 Å². The van der Waals surface area contributed by atoms with Crippen LogP contribution in [0.2, 0.25) is 0 Å². The van der Waals surface area contributed by atoms with Gasteiger partial charge in [0.1, 0.15) is 0 Å². The van der Waals surface area contributed by atoms with Gasteiger partial charge in [0.05, 0.1) is 6.10 Å². The van der Waals surface area contributed by atoms with Gasteiger partial charge in [0, 0.05) is 12.6 Å². The zero-order valence-electron chi connectivity index (χ0n) is 12.7. The highest BCUT2D eigenvalue weighted by atomic mass is 16.5. The van der Waals surface area contributed by atoms with Gasteiger partial charge >= 0.3 is 0 Å². The second-order valence-corrected chi connectivity index (χ2v) is 5.80.